The van der Waals surface area contributed by atoms with Crippen LogP contribution in [0, 0.1) is 6.92 Å². The lowest BCUT2D eigenvalue weighted by molar-refractivity contribution is 0.0710. The lowest BCUT2D eigenvalue weighted by atomic mass is 9.93. The normalized spacial score (nSPS) is 14.9. The van der Waals surface area contributed by atoms with E-state index in [0.717, 1.165) is 30.0 Å². The molecule has 1 amide bonds. The molecule has 0 N–H and O–H groups in total. The van der Waals surface area contributed by atoms with Gasteiger partial charge in [0.1, 0.15) is 11.4 Å². The molecule has 1 saturated heterocycles. The summed E-state index contributed by atoms with van der Waals surface area (Å²) >= 11 is 0. The van der Waals surface area contributed by atoms with Gasteiger partial charge in [-0.3, -0.25) is 14.5 Å². The third kappa shape index (κ3) is 3.60. The molecule has 7 nitrogen and oxygen atoms in total. The van der Waals surface area contributed by atoms with Crippen molar-refractivity contribution in [2.24, 2.45) is 7.05 Å². The van der Waals surface area contributed by atoms with E-state index in [1.165, 1.54) is 0 Å². The summed E-state index contributed by atoms with van der Waals surface area (Å²) in [5.74, 6) is 1.54. The van der Waals surface area contributed by atoms with Crippen LogP contribution in [0.3, 0.4) is 0 Å². The van der Waals surface area contributed by atoms with E-state index in [4.69, 9.17) is 4.74 Å². The number of aryl methyl sites for hydroxylation is 1. The summed E-state index contributed by atoms with van der Waals surface area (Å²) in [4.78, 5) is 23.6. The Balaban J connectivity index is 1.46. The highest BCUT2D eigenvalue weighted by Gasteiger charge is 2.29. The van der Waals surface area contributed by atoms with Crippen LogP contribution in [0.4, 0.5) is 0 Å². The molecule has 4 rings (SSSR count). The van der Waals surface area contributed by atoms with Gasteiger partial charge < -0.3 is 9.64 Å². The summed E-state index contributed by atoms with van der Waals surface area (Å²) in [5.41, 5.74) is 2.42. The summed E-state index contributed by atoms with van der Waals surface area (Å²) in [7, 11) is 1.85. The number of carbonyl (C=O) groups excluding carboxylic acids is 1. The summed E-state index contributed by atoms with van der Waals surface area (Å²) in [6.07, 6.45) is 6.65. The number of carbonyl (C=O) groups is 1. The number of likely N-dealkylation sites (tertiary alicyclic amines) is 1. The van der Waals surface area contributed by atoms with Crippen molar-refractivity contribution in [3.63, 3.8) is 0 Å². The maximum atomic E-state index is 12.8. The van der Waals surface area contributed by atoms with Crippen LogP contribution >= 0.6 is 0 Å². The Bertz CT molecular complexity index is 962. The van der Waals surface area contributed by atoms with Crippen LogP contribution in [-0.2, 0) is 7.05 Å². The molecule has 3 aromatic rings. The first-order chi connectivity index (χ1) is 13.6. The van der Waals surface area contributed by atoms with E-state index in [1.54, 1.807) is 23.3 Å². The molecule has 0 radical (unpaired) electrons. The second-order valence-electron chi connectivity index (χ2n) is 7.00. The van der Waals surface area contributed by atoms with E-state index >= 15 is 0 Å². The lowest BCUT2D eigenvalue weighted by Gasteiger charge is -2.32. The fourth-order valence-corrected chi connectivity index (χ4v) is 3.53. The largest absolute Gasteiger partial charge is 0.437 e. The number of para-hydroxylation sites is 1. The van der Waals surface area contributed by atoms with Crippen LogP contribution < -0.4 is 4.74 Å². The number of benzene rings is 1. The minimum atomic E-state index is 0.0453. The zero-order valence-electron chi connectivity index (χ0n) is 16.1. The molecule has 1 aliphatic rings. The molecule has 2 aromatic heterocycles. The van der Waals surface area contributed by atoms with Crippen molar-refractivity contribution in [2.75, 3.05) is 13.1 Å². The first-order valence-corrected chi connectivity index (χ1v) is 9.45. The van der Waals surface area contributed by atoms with Gasteiger partial charge in [0.15, 0.2) is 0 Å². The van der Waals surface area contributed by atoms with Gasteiger partial charge in [-0.25, -0.2) is 4.98 Å². The fourth-order valence-electron chi connectivity index (χ4n) is 3.53. The average Bonchev–Trinajstić information content (AvgIpc) is 3.07. The van der Waals surface area contributed by atoms with Gasteiger partial charge in [0.05, 0.1) is 11.8 Å². The smallest absolute Gasteiger partial charge is 0.257 e. The van der Waals surface area contributed by atoms with Crippen LogP contribution in [-0.4, -0.2) is 43.6 Å². The molecule has 7 heteroatoms. The van der Waals surface area contributed by atoms with Crippen LogP contribution in [0.15, 0.2) is 48.9 Å². The van der Waals surface area contributed by atoms with Gasteiger partial charge in [0.25, 0.3) is 5.91 Å². The summed E-state index contributed by atoms with van der Waals surface area (Å²) < 4.78 is 7.69. The van der Waals surface area contributed by atoms with Crippen molar-refractivity contribution in [3.8, 4) is 11.6 Å². The number of amides is 1. The maximum Gasteiger partial charge on any atom is 0.257 e. The number of nitrogens with zero attached hydrogens (tertiary/aromatic N) is 5. The van der Waals surface area contributed by atoms with E-state index in [0.29, 0.717) is 24.5 Å². The molecule has 0 spiro atoms. The topological polar surface area (TPSA) is 73.1 Å². The van der Waals surface area contributed by atoms with E-state index < -0.39 is 0 Å². The molecule has 0 aliphatic carbocycles. The molecule has 0 unspecified atom stereocenters. The molecule has 1 aromatic carbocycles. The highest BCUT2D eigenvalue weighted by atomic mass is 16.5. The third-order valence-electron chi connectivity index (χ3n) is 5.28. The predicted octanol–water partition coefficient (Wildman–Crippen LogP) is 3.33. The molecule has 0 atom stereocenters. The predicted molar refractivity (Wildman–Crippen MR) is 104 cm³/mol. The van der Waals surface area contributed by atoms with Crippen LogP contribution in [0.25, 0.3) is 0 Å². The number of ether oxygens (including phenoxy) is 1. The standard InChI is InChI=1S/C21H23N5O2/c1-15-18(14-24-25(15)2)21(27)26-12-8-16(9-13-26)19-20(23-11-10-22-19)28-17-6-4-3-5-7-17/h3-7,10-11,14,16H,8-9,12-13H2,1-2H3. The number of piperidine rings is 1. The van der Waals surface area contributed by atoms with Crippen molar-refractivity contribution in [3.05, 3.63) is 65.9 Å². The molecule has 0 bridgehead atoms. The Morgan fingerprint density at radius 3 is 2.50 bits per heavy atom. The quantitative estimate of drug-likeness (QED) is 0.697. The van der Waals surface area contributed by atoms with E-state index in [1.807, 2.05) is 49.2 Å². The van der Waals surface area contributed by atoms with Crippen molar-refractivity contribution in [1.29, 1.82) is 0 Å². The van der Waals surface area contributed by atoms with Gasteiger partial charge in [-0.15, -0.1) is 0 Å². The zero-order chi connectivity index (χ0) is 19.5. The van der Waals surface area contributed by atoms with Gasteiger partial charge in [0, 0.05) is 44.1 Å². The molecule has 0 saturated carbocycles. The Labute approximate surface area is 164 Å². The Morgan fingerprint density at radius 2 is 1.82 bits per heavy atom. The van der Waals surface area contributed by atoms with Gasteiger partial charge >= 0.3 is 0 Å². The molecule has 1 aliphatic heterocycles. The monoisotopic (exact) mass is 377 g/mol. The molecule has 28 heavy (non-hydrogen) atoms. The summed E-state index contributed by atoms with van der Waals surface area (Å²) in [5, 5.41) is 4.18. The minimum absolute atomic E-state index is 0.0453. The van der Waals surface area contributed by atoms with Gasteiger partial charge in [-0.1, -0.05) is 18.2 Å². The lowest BCUT2D eigenvalue weighted by Crippen LogP contribution is -2.38. The van der Waals surface area contributed by atoms with Crippen LogP contribution in [0.1, 0.15) is 40.5 Å². The maximum absolute atomic E-state index is 12.8. The first-order valence-electron chi connectivity index (χ1n) is 9.45. The second-order valence-corrected chi connectivity index (χ2v) is 7.00. The first kappa shape index (κ1) is 18.2. The second kappa shape index (κ2) is 7.80. The third-order valence-corrected chi connectivity index (χ3v) is 5.28. The van der Waals surface area contributed by atoms with Crippen molar-refractivity contribution < 1.29 is 9.53 Å². The van der Waals surface area contributed by atoms with Crippen molar-refractivity contribution in [1.82, 2.24) is 24.6 Å². The minimum Gasteiger partial charge on any atom is -0.437 e. The summed E-state index contributed by atoms with van der Waals surface area (Å²) in [6.45, 7) is 3.28. The van der Waals surface area contributed by atoms with E-state index in [2.05, 4.69) is 15.1 Å². The molecule has 144 valence electrons. The highest BCUT2D eigenvalue weighted by Crippen LogP contribution is 2.33. The Kier molecular flexibility index (Phi) is 5.06. The molecule has 1 fully saturated rings. The molecular weight excluding hydrogens is 354 g/mol. The van der Waals surface area contributed by atoms with Gasteiger partial charge in [0.2, 0.25) is 5.88 Å². The number of hydrogen-bond donors (Lipinski definition) is 0. The van der Waals surface area contributed by atoms with Crippen LogP contribution in [0.2, 0.25) is 0 Å². The van der Waals surface area contributed by atoms with E-state index in [-0.39, 0.29) is 11.8 Å². The highest BCUT2D eigenvalue weighted by molar-refractivity contribution is 5.95. The van der Waals surface area contributed by atoms with Crippen molar-refractivity contribution >= 4 is 5.91 Å². The number of hydrogen-bond acceptors (Lipinski definition) is 5. The zero-order valence-corrected chi connectivity index (χ0v) is 16.1. The molecule has 3 heterocycles. The average molecular weight is 377 g/mol. The SMILES string of the molecule is Cc1c(C(=O)N2CCC(c3nccnc3Oc3ccccc3)CC2)cnn1C. The van der Waals surface area contributed by atoms with Gasteiger partial charge in [-0.05, 0) is 31.9 Å². The van der Waals surface area contributed by atoms with Gasteiger partial charge in [-0.2, -0.15) is 5.10 Å². The Morgan fingerprint density at radius 1 is 1.11 bits per heavy atom. The molecular formula is C21H23N5O2. The van der Waals surface area contributed by atoms with E-state index in [9.17, 15) is 4.79 Å². The Hall–Kier alpha value is -3.22. The fraction of sp³-hybridized carbons (Fsp3) is 0.333. The van der Waals surface area contributed by atoms with Crippen LogP contribution in [0.5, 0.6) is 11.6 Å². The van der Waals surface area contributed by atoms with Crippen molar-refractivity contribution in [2.45, 2.75) is 25.7 Å². The number of rotatable bonds is 4. The summed E-state index contributed by atoms with van der Waals surface area (Å²) in [6, 6.07) is 9.60. The number of aromatic nitrogens is 4.